The number of hydrogen-bond donors (Lipinski definition) is 2. The highest BCUT2D eigenvalue weighted by Crippen LogP contribution is 2.35. The summed E-state index contributed by atoms with van der Waals surface area (Å²) < 4.78 is 7.42. The molecular formula is C26H25N6O4S2+. The third kappa shape index (κ3) is 4.50. The molecule has 10 nitrogen and oxygen atoms in total. The molecule has 1 aliphatic heterocycles. The highest BCUT2D eigenvalue weighted by molar-refractivity contribution is 7.80. The number of aromatic amines is 1. The van der Waals surface area contributed by atoms with Crippen molar-refractivity contribution in [3.8, 4) is 10.6 Å². The zero-order valence-electron chi connectivity index (χ0n) is 20.8. The molecule has 0 radical (unpaired) electrons. The third-order valence-electron chi connectivity index (χ3n) is 6.84. The Morgan fingerprint density at radius 1 is 1.24 bits per heavy atom. The molecule has 2 aromatic carbocycles. The smallest absolute Gasteiger partial charge is 0.326 e. The molecule has 2 amide bonds. The zero-order valence-corrected chi connectivity index (χ0v) is 22.4. The second-order valence-corrected chi connectivity index (χ2v) is 11.1. The maximum atomic E-state index is 13.3. The van der Waals surface area contributed by atoms with Crippen molar-refractivity contribution in [2.45, 2.75) is 44.8 Å². The number of benzene rings is 2. The van der Waals surface area contributed by atoms with Crippen LogP contribution in [0.25, 0.3) is 20.8 Å². The van der Waals surface area contributed by atoms with Crippen LogP contribution in [0.3, 0.4) is 0 Å². The Balaban J connectivity index is 1.17. The van der Waals surface area contributed by atoms with Crippen LogP contribution in [-0.2, 0) is 23.2 Å². The molecule has 1 atom stereocenters. The quantitative estimate of drug-likeness (QED) is 0.269. The number of aryl methyl sites for hydroxylation is 2. The van der Waals surface area contributed by atoms with Crippen LogP contribution in [0, 0.1) is 6.92 Å². The molecule has 3 heterocycles. The summed E-state index contributed by atoms with van der Waals surface area (Å²) in [7, 11) is 1.64. The minimum absolute atomic E-state index is 0.0564. The van der Waals surface area contributed by atoms with E-state index >= 15 is 0 Å². The molecule has 1 unspecified atom stereocenters. The van der Waals surface area contributed by atoms with Crippen LogP contribution in [0.15, 0.2) is 51.8 Å². The van der Waals surface area contributed by atoms with Gasteiger partial charge in [0.05, 0.1) is 16.6 Å². The number of thiocarbonyl (C=S) groups is 1. The van der Waals surface area contributed by atoms with Gasteiger partial charge in [0.1, 0.15) is 17.6 Å². The van der Waals surface area contributed by atoms with Gasteiger partial charge in [-0.2, -0.15) is 0 Å². The predicted octanol–water partition coefficient (Wildman–Crippen LogP) is 2.87. The van der Waals surface area contributed by atoms with Crippen molar-refractivity contribution in [1.29, 1.82) is 0 Å². The maximum Gasteiger partial charge on any atom is 0.431 e. The number of aromatic nitrogens is 3. The van der Waals surface area contributed by atoms with Crippen LogP contribution in [0.1, 0.15) is 30.5 Å². The lowest BCUT2D eigenvalue weighted by atomic mass is 10.1. The number of nitrogens with one attached hydrogen (secondary N) is 2. The van der Waals surface area contributed by atoms with E-state index in [0.717, 1.165) is 33.6 Å². The molecule has 6 rings (SSSR count). The summed E-state index contributed by atoms with van der Waals surface area (Å²) in [6.07, 6.45) is 1.65. The van der Waals surface area contributed by atoms with Crippen molar-refractivity contribution in [3.05, 3.63) is 64.1 Å². The fourth-order valence-corrected chi connectivity index (χ4v) is 6.14. The number of carbonyl (C=O) groups excluding carboxylic acids is 2. The first-order valence-corrected chi connectivity index (χ1v) is 13.5. The molecule has 2 N–H and O–H groups in total. The number of hydrogen-bond acceptors (Lipinski definition) is 7. The minimum atomic E-state index is -0.803. The lowest BCUT2D eigenvalue weighted by Gasteiger charge is -2.21. The van der Waals surface area contributed by atoms with Crippen molar-refractivity contribution >= 4 is 56.4 Å². The first-order chi connectivity index (χ1) is 18.3. The number of anilines is 1. The Bertz CT molecular complexity index is 1640. The Labute approximate surface area is 226 Å². The van der Waals surface area contributed by atoms with E-state index in [0.29, 0.717) is 16.5 Å². The molecule has 2 aliphatic rings. The van der Waals surface area contributed by atoms with Gasteiger partial charge in [-0.25, -0.2) is 9.78 Å². The monoisotopic (exact) mass is 549 g/mol. The fraction of sp³-hybridized carbons (Fsp3) is 0.308. The number of thiazole rings is 1. The fourth-order valence-electron chi connectivity index (χ4n) is 4.64. The average molecular weight is 550 g/mol. The van der Waals surface area contributed by atoms with Gasteiger partial charge in [0.15, 0.2) is 12.2 Å². The van der Waals surface area contributed by atoms with Crippen molar-refractivity contribution < 1.29 is 18.8 Å². The Hall–Kier alpha value is -3.90. The molecule has 1 aliphatic carbocycles. The van der Waals surface area contributed by atoms with E-state index in [-0.39, 0.29) is 30.8 Å². The summed E-state index contributed by atoms with van der Waals surface area (Å²) >= 11 is 7.23. The molecule has 2 aromatic heterocycles. The highest BCUT2D eigenvalue weighted by Gasteiger charge is 2.50. The Morgan fingerprint density at radius 2 is 2.00 bits per heavy atom. The molecule has 12 heteroatoms. The van der Waals surface area contributed by atoms with E-state index in [1.807, 2.05) is 36.4 Å². The molecule has 0 bridgehead atoms. The third-order valence-corrected chi connectivity index (χ3v) is 8.34. The van der Waals surface area contributed by atoms with Crippen LogP contribution in [0.2, 0.25) is 0 Å². The normalized spacial score (nSPS) is 17.6. The highest BCUT2D eigenvalue weighted by atomic mass is 32.1. The molecule has 4 aromatic rings. The van der Waals surface area contributed by atoms with Crippen LogP contribution >= 0.6 is 23.6 Å². The summed E-state index contributed by atoms with van der Waals surface area (Å²) in [5.74, 6) is -0.529. The van der Waals surface area contributed by atoms with Crippen molar-refractivity contribution in [3.63, 3.8) is 0 Å². The summed E-state index contributed by atoms with van der Waals surface area (Å²) in [6.45, 7) is 2.12. The number of nitrogens with zero attached hydrogens (tertiary/aromatic N) is 4. The van der Waals surface area contributed by atoms with Gasteiger partial charge in [-0.1, -0.05) is 10.7 Å². The first kappa shape index (κ1) is 24.4. The number of H-pyrrole nitrogens is 1. The van der Waals surface area contributed by atoms with Gasteiger partial charge in [0, 0.05) is 17.3 Å². The van der Waals surface area contributed by atoms with E-state index in [4.69, 9.17) is 21.7 Å². The van der Waals surface area contributed by atoms with Gasteiger partial charge in [-0.3, -0.25) is 19.0 Å². The molecule has 1 saturated heterocycles. The van der Waals surface area contributed by atoms with E-state index in [1.165, 1.54) is 10.2 Å². The number of amides is 2. The minimum Gasteiger partial charge on any atom is -0.326 e. The van der Waals surface area contributed by atoms with Gasteiger partial charge in [-0.15, -0.1) is 11.3 Å². The Morgan fingerprint density at radius 3 is 2.68 bits per heavy atom. The topological polar surface area (TPSA) is 115 Å². The summed E-state index contributed by atoms with van der Waals surface area (Å²) in [4.78, 5) is 46.4. The van der Waals surface area contributed by atoms with Crippen molar-refractivity contribution in [2.75, 3.05) is 5.32 Å². The SMILES string of the molecule is Cc1ccc2nc(-c3ccc(NC(=O)CC4C(=O)N(C5CC5)C(=S)N4Cc4c(=O)o[nH][n+]4C)cc3)sc2c1. The van der Waals surface area contributed by atoms with Gasteiger partial charge in [-0.05, 0) is 79.2 Å². The zero-order chi connectivity index (χ0) is 26.6. The molecule has 0 spiro atoms. The number of fused-ring (bicyclic) bond motifs is 1. The van der Waals surface area contributed by atoms with Crippen LogP contribution in [-0.4, -0.2) is 49.1 Å². The summed E-state index contributed by atoms with van der Waals surface area (Å²) in [5.41, 5.74) is 3.50. The predicted molar refractivity (Wildman–Crippen MR) is 145 cm³/mol. The van der Waals surface area contributed by atoms with E-state index in [1.54, 1.807) is 28.2 Å². The second kappa shape index (κ2) is 9.44. The van der Waals surface area contributed by atoms with Crippen molar-refractivity contribution in [1.82, 2.24) is 20.1 Å². The van der Waals surface area contributed by atoms with Crippen LogP contribution in [0.5, 0.6) is 0 Å². The first-order valence-electron chi connectivity index (χ1n) is 12.3. The van der Waals surface area contributed by atoms with E-state index < -0.39 is 11.7 Å². The molecular weight excluding hydrogens is 524 g/mol. The standard InChI is InChI=1S/C26H24N6O4S2/c1-14-3-10-18-21(11-14)38-23(28-18)15-4-6-16(7-5-15)27-22(33)12-19-24(34)32(17-8-9-17)26(37)31(19)13-20-25(35)36-29-30(20)2/h3-7,10-11,17,19H,8-9,12-13H2,1-2H3,(H-,27,28,29,33,35)/p+1. The second-order valence-electron chi connectivity index (χ2n) is 9.67. The molecule has 2 fully saturated rings. The summed E-state index contributed by atoms with van der Waals surface area (Å²) in [6, 6.07) is 12.9. The van der Waals surface area contributed by atoms with Gasteiger partial charge < -0.3 is 10.2 Å². The molecule has 38 heavy (non-hydrogen) atoms. The summed E-state index contributed by atoms with van der Waals surface area (Å²) in [5, 5.41) is 6.61. The van der Waals surface area contributed by atoms with Gasteiger partial charge in [0.25, 0.3) is 5.91 Å². The lowest BCUT2D eigenvalue weighted by Crippen LogP contribution is -2.44. The molecule has 194 valence electrons. The lowest BCUT2D eigenvalue weighted by molar-refractivity contribution is -0.746. The number of rotatable bonds is 7. The van der Waals surface area contributed by atoms with E-state index in [2.05, 4.69) is 23.6 Å². The van der Waals surface area contributed by atoms with E-state index in [9.17, 15) is 14.4 Å². The largest absolute Gasteiger partial charge is 0.431 e. The van der Waals surface area contributed by atoms with Crippen molar-refractivity contribution in [2.24, 2.45) is 7.05 Å². The maximum absolute atomic E-state index is 13.3. The van der Waals surface area contributed by atoms with Gasteiger partial charge in [0.2, 0.25) is 5.91 Å². The Kier molecular flexibility index (Phi) is 6.07. The average Bonchev–Trinajstić information content (AvgIpc) is 3.49. The van der Waals surface area contributed by atoms with Gasteiger partial charge >= 0.3 is 11.3 Å². The van der Waals surface area contributed by atoms with Crippen LogP contribution in [0.4, 0.5) is 5.69 Å². The number of carbonyl (C=O) groups is 2. The van der Waals surface area contributed by atoms with Crippen LogP contribution < -0.4 is 15.6 Å². The molecule has 1 saturated carbocycles.